The number of aromatic hydroxyl groups is 1. The second-order valence-corrected chi connectivity index (χ2v) is 13.8. The van der Waals surface area contributed by atoms with Crippen LogP contribution in [0.3, 0.4) is 0 Å². The number of ether oxygens (including phenoxy) is 2. The third-order valence-electron chi connectivity index (χ3n) is 11.9. The monoisotopic (exact) mass is 467 g/mol. The Labute approximate surface area is 203 Å². The van der Waals surface area contributed by atoms with E-state index >= 15 is 0 Å². The molecule has 2 spiro atoms. The molecule has 4 bridgehead atoms. The Morgan fingerprint density at radius 2 is 1.91 bits per heavy atom. The molecule has 0 unspecified atom stereocenters. The maximum atomic E-state index is 12.2. The number of fused-ring (bicyclic) bond motifs is 2. The summed E-state index contributed by atoms with van der Waals surface area (Å²) in [5, 5.41) is 23.2. The number of benzene rings is 1. The Balaban J connectivity index is 1.47. The maximum absolute atomic E-state index is 12.2. The highest BCUT2D eigenvalue weighted by molar-refractivity contribution is 5.63. The third kappa shape index (κ3) is 2.25. The number of hydrogen-bond donors (Lipinski definition) is 2. The number of aliphatic hydroxyl groups is 1. The summed E-state index contributed by atoms with van der Waals surface area (Å²) in [6.45, 7) is 10.8. The molecule has 4 saturated carbocycles. The zero-order chi connectivity index (χ0) is 23.9. The molecule has 5 heteroatoms. The van der Waals surface area contributed by atoms with Crippen molar-refractivity contribution < 1.29 is 19.7 Å². The highest BCUT2D eigenvalue weighted by atomic mass is 16.6. The first-order chi connectivity index (χ1) is 16.0. The van der Waals surface area contributed by atoms with E-state index in [1.165, 1.54) is 30.5 Å². The first kappa shape index (κ1) is 21.9. The Bertz CT molecular complexity index is 1060. The third-order valence-corrected chi connectivity index (χ3v) is 11.9. The van der Waals surface area contributed by atoms with Crippen LogP contribution in [-0.2, 0) is 16.6 Å². The molecule has 0 aromatic heterocycles. The molecular formula is C29H41NO4. The van der Waals surface area contributed by atoms with Gasteiger partial charge in [0.1, 0.15) is 11.7 Å². The van der Waals surface area contributed by atoms with Gasteiger partial charge in [0.25, 0.3) is 0 Å². The van der Waals surface area contributed by atoms with Crippen molar-refractivity contribution in [3.63, 3.8) is 0 Å². The number of phenols is 1. The Hall–Kier alpha value is -1.30. The first-order valence-electron chi connectivity index (χ1n) is 13.6. The molecule has 1 aromatic rings. The summed E-state index contributed by atoms with van der Waals surface area (Å²) in [5.74, 6) is 1.80. The van der Waals surface area contributed by atoms with E-state index in [4.69, 9.17) is 9.47 Å². The fourth-order valence-electron chi connectivity index (χ4n) is 9.58. The van der Waals surface area contributed by atoms with Crippen molar-refractivity contribution in [1.29, 1.82) is 0 Å². The molecule has 5 aliphatic carbocycles. The predicted octanol–water partition coefficient (Wildman–Crippen LogP) is 4.41. The molecule has 5 fully saturated rings. The molecule has 34 heavy (non-hydrogen) atoms. The lowest BCUT2D eigenvalue weighted by atomic mass is 9.33. The van der Waals surface area contributed by atoms with E-state index in [2.05, 4.69) is 31.7 Å². The second-order valence-electron chi connectivity index (χ2n) is 13.8. The highest BCUT2D eigenvalue weighted by Gasteiger charge is 2.82. The molecule has 5 nitrogen and oxygen atoms in total. The van der Waals surface area contributed by atoms with Gasteiger partial charge in [0.15, 0.2) is 11.5 Å². The summed E-state index contributed by atoms with van der Waals surface area (Å²) in [6.07, 6.45) is 7.64. The van der Waals surface area contributed by atoms with Gasteiger partial charge in [-0.15, -0.1) is 0 Å². The maximum Gasteiger partial charge on any atom is 0.165 e. The van der Waals surface area contributed by atoms with E-state index in [0.29, 0.717) is 11.8 Å². The van der Waals surface area contributed by atoms with Crippen molar-refractivity contribution >= 4 is 0 Å². The number of piperidine rings is 1. The SMILES string of the molecule is CO[C@@]12CC[C@]3(C[C@@H]1[C@](C)(O)C(C)(C)C)[C@H]1Cc4ccc(O)c5c4[C@@]3(CCN1CC1CC1)[C@@H]2O5. The van der Waals surface area contributed by atoms with Crippen molar-refractivity contribution in [3.05, 3.63) is 23.3 Å². The predicted molar refractivity (Wildman–Crippen MR) is 130 cm³/mol. The standard InChI is InChI=1S/C29H41NO4/c1-25(2,3)26(4,32)20-15-27-10-11-29(20,33-5)24-28(27)12-13-30(16-17-6-7-17)21(27)14-18-8-9-19(31)23(34-24)22(18)28/h8-9,17,20-21,24,31-32H,6-7,10-16H2,1-5H3/t20-,21-,24+,26+,27+,28+,29+/m1/s1. The minimum atomic E-state index is -0.909. The molecule has 2 heterocycles. The number of hydrogen-bond acceptors (Lipinski definition) is 5. The van der Waals surface area contributed by atoms with E-state index in [-0.39, 0.29) is 34.0 Å². The van der Waals surface area contributed by atoms with E-state index in [1.54, 1.807) is 0 Å². The van der Waals surface area contributed by atoms with Crippen LogP contribution in [0.5, 0.6) is 11.5 Å². The quantitative estimate of drug-likeness (QED) is 0.687. The molecule has 1 aromatic carbocycles. The largest absolute Gasteiger partial charge is 0.504 e. The van der Waals surface area contributed by atoms with Crippen LogP contribution in [0.2, 0.25) is 0 Å². The molecule has 8 rings (SSSR count). The Kier molecular flexibility index (Phi) is 4.08. The van der Waals surface area contributed by atoms with Gasteiger partial charge in [-0.1, -0.05) is 26.8 Å². The van der Waals surface area contributed by atoms with Gasteiger partial charge < -0.3 is 19.7 Å². The van der Waals surface area contributed by atoms with Gasteiger partial charge in [-0.3, -0.25) is 4.90 Å². The average Bonchev–Trinajstić information content (AvgIpc) is 3.53. The molecule has 0 amide bonds. The van der Waals surface area contributed by atoms with Gasteiger partial charge in [0, 0.05) is 42.0 Å². The molecular weight excluding hydrogens is 426 g/mol. The van der Waals surface area contributed by atoms with Crippen molar-refractivity contribution in [2.45, 2.75) is 101 Å². The van der Waals surface area contributed by atoms with Crippen molar-refractivity contribution in [1.82, 2.24) is 4.90 Å². The summed E-state index contributed by atoms with van der Waals surface area (Å²) in [4.78, 5) is 2.82. The fraction of sp³-hybridized carbons (Fsp3) is 0.793. The van der Waals surface area contributed by atoms with Crippen LogP contribution in [0.4, 0.5) is 0 Å². The van der Waals surface area contributed by atoms with Gasteiger partial charge >= 0.3 is 0 Å². The van der Waals surface area contributed by atoms with Crippen LogP contribution >= 0.6 is 0 Å². The van der Waals surface area contributed by atoms with Crippen LogP contribution < -0.4 is 4.74 Å². The fourth-order valence-corrected chi connectivity index (χ4v) is 9.58. The second kappa shape index (κ2) is 6.33. The average molecular weight is 468 g/mol. The topological polar surface area (TPSA) is 62.2 Å². The van der Waals surface area contributed by atoms with Crippen LogP contribution in [0.1, 0.15) is 77.3 Å². The summed E-state index contributed by atoms with van der Waals surface area (Å²) in [6, 6.07) is 4.46. The number of rotatable bonds is 4. The number of nitrogens with zero attached hydrogens (tertiary/aromatic N) is 1. The molecule has 1 saturated heterocycles. The van der Waals surface area contributed by atoms with E-state index in [1.807, 2.05) is 20.1 Å². The van der Waals surface area contributed by atoms with E-state index in [0.717, 1.165) is 44.6 Å². The molecule has 2 N–H and O–H groups in total. The smallest absolute Gasteiger partial charge is 0.165 e. The van der Waals surface area contributed by atoms with Gasteiger partial charge in [-0.25, -0.2) is 0 Å². The van der Waals surface area contributed by atoms with E-state index < -0.39 is 11.2 Å². The minimum Gasteiger partial charge on any atom is -0.504 e. The summed E-state index contributed by atoms with van der Waals surface area (Å²) in [5.41, 5.74) is 0.783. The lowest BCUT2D eigenvalue weighted by molar-refractivity contribution is -0.312. The van der Waals surface area contributed by atoms with Crippen molar-refractivity contribution in [2.24, 2.45) is 22.7 Å². The van der Waals surface area contributed by atoms with Gasteiger partial charge in [-0.05, 0) is 81.4 Å². The van der Waals surface area contributed by atoms with Crippen LogP contribution in [0, 0.1) is 22.7 Å². The zero-order valence-corrected chi connectivity index (χ0v) is 21.5. The molecule has 0 radical (unpaired) electrons. The van der Waals surface area contributed by atoms with Gasteiger partial charge in [0.2, 0.25) is 0 Å². The normalized spacial score (nSPS) is 43.9. The Morgan fingerprint density at radius 1 is 1.15 bits per heavy atom. The van der Waals surface area contributed by atoms with Crippen molar-refractivity contribution in [2.75, 3.05) is 20.2 Å². The van der Waals surface area contributed by atoms with Crippen LogP contribution in [0.15, 0.2) is 12.1 Å². The molecule has 7 aliphatic rings. The van der Waals surface area contributed by atoms with Crippen LogP contribution in [0.25, 0.3) is 0 Å². The number of methoxy groups -OCH3 is 1. The van der Waals surface area contributed by atoms with Crippen molar-refractivity contribution in [3.8, 4) is 11.5 Å². The minimum absolute atomic E-state index is 0.0294. The zero-order valence-electron chi connectivity index (χ0n) is 21.5. The number of phenolic OH excluding ortho intramolecular Hbond substituents is 1. The summed E-state index contributed by atoms with van der Waals surface area (Å²) >= 11 is 0. The highest BCUT2D eigenvalue weighted by Crippen LogP contribution is 2.78. The summed E-state index contributed by atoms with van der Waals surface area (Å²) < 4.78 is 13.5. The van der Waals surface area contributed by atoms with Crippen LogP contribution in [-0.4, -0.2) is 58.7 Å². The summed E-state index contributed by atoms with van der Waals surface area (Å²) in [7, 11) is 1.83. The number of likely N-dealkylation sites (tertiary alicyclic amines) is 1. The molecule has 186 valence electrons. The lowest BCUT2D eigenvalue weighted by Crippen LogP contribution is -2.83. The van der Waals surface area contributed by atoms with Gasteiger partial charge in [0.05, 0.1) is 5.60 Å². The van der Waals surface area contributed by atoms with E-state index in [9.17, 15) is 10.2 Å². The lowest BCUT2D eigenvalue weighted by Gasteiger charge is -2.75. The molecule has 7 atom stereocenters. The Morgan fingerprint density at radius 3 is 2.59 bits per heavy atom. The van der Waals surface area contributed by atoms with Gasteiger partial charge in [-0.2, -0.15) is 0 Å². The first-order valence-corrected chi connectivity index (χ1v) is 13.6. The molecule has 2 aliphatic heterocycles.